The van der Waals surface area contributed by atoms with Crippen molar-refractivity contribution in [3.8, 4) is 23.1 Å². The Kier molecular flexibility index (Phi) is 9.30. The first-order valence-corrected chi connectivity index (χ1v) is 11.5. The Labute approximate surface area is 196 Å². The third kappa shape index (κ3) is 6.57. The topological polar surface area (TPSA) is 69.0 Å². The highest BCUT2D eigenvalue weighted by molar-refractivity contribution is 5.47. The van der Waals surface area contributed by atoms with Gasteiger partial charge in [-0.05, 0) is 51.1 Å². The van der Waals surface area contributed by atoms with Crippen molar-refractivity contribution in [2.24, 2.45) is 0 Å². The van der Waals surface area contributed by atoms with Crippen molar-refractivity contribution in [2.75, 3.05) is 33.4 Å². The molecular weight excluding hydrogens is 418 g/mol. The van der Waals surface area contributed by atoms with E-state index < -0.39 is 6.10 Å². The molecule has 0 saturated heterocycles. The zero-order valence-corrected chi connectivity index (χ0v) is 20.0. The highest BCUT2D eigenvalue weighted by Gasteiger charge is 2.23. The molecule has 0 unspecified atom stereocenters. The molecule has 0 saturated carbocycles. The first-order valence-electron chi connectivity index (χ1n) is 11.5. The lowest BCUT2D eigenvalue weighted by molar-refractivity contribution is 0.0195. The molecule has 0 aliphatic rings. The predicted octanol–water partition coefficient (Wildman–Crippen LogP) is 4.59. The lowest BCUT2D eigenvalue weighted by Crippen LogP contribution is -2.35. The third-order valence-corrected chi connectivity index (χ3v) is 5.32. The number of aromatic nitrogens is 2. The van der Waals surface area contributed by atoms with Crippen LogP contribution in [0.1, 0.15) is 31.5 Å². The van der Waals surface area contributed by atoms with Crippen LogP contribution in [0, 0.1) is 6.92 Å². The number of hydrogen-bond acceptors (Lipinski definition) is 6. The largest absolute Gasteiger partial charge is 0.493 e. The Morgan fingerprint density at radius 1 is 1.03 bits per heavy atom. The highest BCUT2D eigenvalue weighted by atomic mass is 16.5. The van der Waals surface area contributed by atoms with Crippen molar-refractivity contribution >= 4 is 0 Å². The molecule has 33 heavy (non-hydrogen) atoms. The summed E-state index contributed by atoms with van der Waals surface area (Å²) in [7, 11) is 1.63. The lowest BCUT2D eigenvalue weighted by Gasteiger charge is -2.25. The first-order chi connectivity index (χ1) is 16.1. The van der Waals surface area contributed by atoms with Gasteiger partial charge in [0.1, 0.15) is 0 Å². The van der Waals surface area contributed by atoms with Crippen molar-refractivity contribution in [1.82, 2.24) is 14.7 Å². The van der Waals surface area contributed by atoms with E-state index in [2.05, 4.69) is 11.8 Å². The molecule has 3 aromatic rings. The molecule has 0 radical (unpaired) electrons. The summed E-state index contributed by atoms with van der Waals surface area (Å²) in [5.74, 6) is 1.92. The van der Waals surface area contributed by atoms with E-state index in [1.54, 1.807) is 7.11 Å². The summed E-state index contributed by atoms with van der Waals surface area (Å²) in [6, 6.07) is 17.5. The maximum atomic E-state index is 10.4. The molecule has 0 aliphatic heterocycles. The standard InChI is InChI=1S/C26H35N3O4/c1-5-16-28(17-22(30)19-32-6-2)18-23-20(3)27-29(21-12-8-7-9-13-21)26(23)33-25-15-11-10-14-24(25)31-4/h7-15,22,30H,5-6,16-19H2,1-4H3/t22-/m0/s1. The monoisotopic (exact) mass is 453 g/mol. The Hall–Kier alpha value is -2.87. The highest BCUT2D eigenvalue weighted by Crippen LogP contribution is 2.36. The number of hydrogen-bond donors (Lipinski definition) is 1. The van der Waals surface area contributed by atoms with E-state index in [1.165, 1.54) is 0 Å². The Balaban J connectivity index is 1.98. The number of aliphatic hydroxyl groups excluding tert-OH is 1. The minimum atomic E-state index is -0.556. The second kappa shape index (κ2) is 12.4. The van der Waals surface area contributed by atoms with Gasteiger partial charge in [-0.15, -0.1) is 0 Å². The summed E-state index contributed by atoms with van der Waals surface area (Å²) < 4.78 is 19.2. The fourth-order valence-electron chi connectivity index (χ4n) is 3.76. The van der Waals surface area contributed by atoms with E-state index in [4.69, 9.17) is 19.3 Å². The van der Waals surface area contributed by atoms with Gasteiger partial charge in [0.25, 0.3) is 0 Å². The molecule has 2 aromatic carbocycles. The van der Waals surface area contributed by atoms with Gasteiger partial charge in [-0.1, -0.05) is 37.3 Å². The van der Waals surface area contributed by atoms with Crippen LogP contribution >= 0.6 is 0 Å². The number of ether oxygens (including phenoxy) is 3. The molecule has 1 N–H and O–H groups in total. The number of methoxy groups -OCH3 is 1. The van der Waals surface area contributed by atoms with Gasteiger partial charge in [-0.2, -0.15) is 5.10 Å². The SMILES string of the molecule is CCCN(Cc1c(C)nn(-c2ccccc2)c1Oc1ccccc1OC)C[C@H](O)COCC. The van der Waals surface area contributed by atoms with E-state index >= 15 is 0 Å². The summed E-state index contributed by atoms with van der Waals surface area (Å²) in [5.41, 5.74) is 2.76. The van der Waals surface area contributed by atoms with Crippen molar-refractivity contribution in [2.45, 2.75) is 39.8 Å². The zero-order valence-electron chi connectivity index (χ0n) is 20.0. The molecule has 1 aromatic heterocycles. The maximum absolute atomic E-state index is 10.4. The fraction of sp³-hybridized carbons (Fsp3) is 0.423. The summed E-state index contributed by atoms with van der Waals surface area (Å²) in [5, 5.41) is 15.3. The third-order valence-electron chi connectivity index (χ3n) is 5.32. The van der Waals surface area contributed by atoms with Gasteiger partial charge < -0.3 is 19.3 Å². The van der Waals surface area contributed by atoms with Crippen LogP contribution in [0.3, 0.4) is 0 Å². The minimum absolute atomic E-state index is 0.323. The van der Waals surface area contributed by atoms with Crippen molar-refractivity contribution in [1.29, 1.82) is 0 Å². The van der Waals surface area contributed by atoms with Gasteiger partial charge in [0.2, 0.25) is 5.88 Å². The number of aryl methyl sites for hydroxylation is 1. The van der Waals surface area contributed by atoms with Gasteiger partial charge >= 0.3 is 0 Å². The second-order valence-corrected chi connectivity index (χ2v) is 7.92. The summed E-state index contributed by atoms with van der Waals surface area (Å²) >= 11 is 0. The number of rotatable bonds is 13. The number of nitrogens with zero attached hydrogens (tertiary/aromatic N) is 3. The molecule has 0 fully saturated rings. The molecule has 3 rings (SSSR count). The van der Waals surface area contributed by atoms with Crippen LogP contribution in [0.4, 0.5) is 0 Å². The summed E-state index contributed by atoms with van der Waals surface area (Å²) in [4.78, 5) is 2.22. The maximum Gasteiger partial charge on any atom is 0.227 e. The molecule has 1 heterocycles. The minimum Gasteiger partial charge on any atom is -0.493 e. The van der Waals surface area contributed by atoms with Crippen molar-refractivity contribution < 1.29 is 19.3 Å². The number of benzene rings is 2. The van der Waals surface area contributed by atoms with E-state index in [0.29, 0.717) is 43.7 Å². The Morgan fingerprint density at radius 3 is 2.39 bits per heavy atom. The number of aliphatic hydroxyl groups is 1. The smallest absolute Gasteiger partial charge is 0.227 e. The van der Waals surface area contributed by atoms with E-state index in [1.807, 2.05) is 73.1 Å². The molecular formula is C26H35N3O4. The van der Waals surface area contributed by atoms with Crippen LogP contribution in [0.15, 0.2) is 54.6 Å². The van der Waals surface area contributed by atoms with E-state index in [-0.39, 0.29) is 0 Å². The molecule has 178 valence electrons. The van der Waals surface area contributed by atoms with Gasteiger partial charge in [-0.3, -0.25) is 4.90 Å². The van der Waals surface area contributed by atoms with E-state index in [0.717, 1.165) is 29.9 Å². The molecule has 0 bridgehead atoms. The molecule has 0 spiro atoms. The normalized spacial score (nSPS) is 12.2. The van der Waals surface area contributed by atoms with Crippen LogP contribution < -0.4 is 9.47 Å². The summed E-state index contributed by atoms with van der Waals surface area (Å²) in [6.07, 6.45) is 0.412. The first kappa shape index (κ1) is 24.8. The quantitative estimate of drug-likeness (QED) is 0.408. The van der Waals surface area contributed by atoms with Crippen molar-refractivity contribution in [3.05, 3.63) is 65.9 Å². The molecule has 0 aliphatic carbocycles. The molecule has 7 nitrogen and oxygen atoms in total. The van der Waals surface area contributed by atoms with Gasteiger partial charge in [-0.25, -0.2) is 4.68 Å². The Bertz CT molecular complexity index is 990. The van der Waals surface area contributed by atoms with Gasteiger partial charge in [0.05, 0.1) is 36.8 Å². The predicted molar refractivity (Wildman–Crippen MR) is 129 cm³/mol. The van der Waals surface area contributed by atoms with Crippen molar-refractivity contribution in [3.63, 3.8) is 0 Å². The lowest BCUT2D eigenvalue weighted by atomic mass is 10.2. The molecule has 1 atom stereocenters. The van der Waals surface area contributed by atoms with Gasteiger partial charge in [0.15, 0.2) is 11.5 Å². The number of para-hydroxylation sites is 3. The molecule has 0 amide bonds. The fourth-order valence-corrected chi connectivity index (χ4v) is 3.76. The van der Waals surface area contributed by atoms with Crippen LogP contribution in [-0.2, 0) is 11.3 Å². The average molecular weight is 454 g/mol. The average Bonchev–Trinajstić information content (AvgIpc) is 3.13. The zero-order chi connectivity index (χ0) is 23.6. The van der Waals surface area contributed by atoms with E-state index in [9.17, 15) is 5.11 Å². The van der Waals surface area contributed by atoms with Crippen LogP contribution in [0.25, 0.3) is 5.69 Å². The van der Waals surface area contributed by atoms with Crippen LogP contribution in [0.5, 0.6) is 17.4 Å². The Morgan fingerprint density at radius 2 is 1.73 bits per heavy atom. The second-order valence-electron chi connectivity index (χ2n) is 7.92. The van der Waals surface area contributed by atoms with Crippen LogP contribution in [-0.4, -0.2) is 59.3 Å². The van der Waals surface area contributed by atoms with Gasteiger partial charge in [0, 0.05) is 19.7 Å². The summed E-state index contributed by atoms with van der Waals surface area (Å²) in [6.45, 7) is 8.91. The molecule has 7 heteroatoms. The van der Waals surface area contributed by atoms with Crippen LogP contribution in [0.2, 0.25) is 0 Å².